The van der Waals surface area contributed by atoms with Crippen LogP contribution in [0.2, 0.25) is 0 Å². The van der Waals surface area contributed by atoms with Crippen molar-refractivity contribution in [1.82, 2.24) is 4.57 Å². The van der Waals surface area contributed by atoms with Crippen molar-refractivity contribution in [3.63, 3.8) is 0 Å². The summed E-state index contributed by atoms with van der Waals surface area (Å²) in [5.74, 6) is 0.292. The Morgan fingerprint density at radius 2 is 0.794 bits per heavy atom. The number of hydrogen-bond acceptors (Lipinski definition) is 0. The van der Waals surface area contributed by atoms with E-state index in [4.69, 9.17) is 0 Å². The first kappa shape index (κ1) is 35.7. The lowest BCUT2D eigenvalue weighted by atomic mass is 9.86. The highest BCUT2D eigenvalue weighted by atomic mass is 15.0. The molecule has 63 heavy (non-hydrogen) atoms. The molecule has 294 valence electrons. The van der Waals surface area contributed by atoms with Gasteiger partial charge in [0, 0.05) is 28.3 Å². The molecule has 0 fully saturated rings. The predicted molar refractivity (Wildman–Crippen MR) is 263 cm³/mol. The number of rotatable bonds is 6. The molecule has 0 bridgehead atoms. The van der Waals surface area contributed by atoms with Crippen LogP contribution in [0.1, 0.15) is 45.2 Å². The van der Waals surface area contributed by atoms with Gasteiger partial charge in [-0.15, -0.1) is 0 Å². The van der Waals surface area contributed by atoms with Gasteiger partial charge in [-0.1, -0.05) is 200 Å². The highest BCUT2D eigenvalue weighted by Gasteiger charge is 2.34. The molecule has 2 aliphatic rings. The lowest BCUT2D eigenvalue weighted by molar-refractivity contribution is 1.02. The Morgan fingerprint density at radius 1 is 0.286 bits per heavy atom. The predicted octanol–water partition coefficient (Wildman–Crippen LogP) is 16.1. The second-order valence-corrected chi connectivity index (χ2v) is 17.1. The summed E-state index contributed by atoms with van der Waals surface area (Å²) in [6.45, 7) is 0. The van der Waals surface area contributed by atoms with Crippen LogP contribution in [0.3, 0.4) is 0 Å². The van der Waals surface area contributed by atoms with Crippen molar-refractivity contribution < 1.29 is 0 Å². The van der Waals surface area contributed by atoms with Crippen molar-refractivity contribution in [2.45, 2.75) is 11.8 Å². The van der Waals surface area contributed by atoms with E-state index in [1.165, 1.54) is 111 Å². The van der Waals surface area contributed by atoms with Crippen LogP contribution >= 0.6 is 0 Å². The van der Waals surface area contributed by atoms with Crippen molar-refractivity contribution in [2.24, 2.45) is 0 Å². The van der Waals surface area contributed by atoms with Gasteiger partial charge >= 0.3 is 0 Å². The van der Waals surface area contributed by atoms with E-state index in [2.05, 4.69) is 241 Å². The van der Waals surface area contributed by atoms with E-state index in [-0.39, 0.29) is 11.8 Å². The van der Waals surface area contributed by atoms with E-state index in [9.17, 15) is 0 Å². The Hall–Kier alpha value is -8.00. The average Bonchev–Trinajstić information content (AvgIpc) is 4.00. The zero-order chi connectivity index (χ0) is 41.4. The summed E-state index contributed by atoms with van der Waals surface area (Å²) in [6.07, 6.45) is 0. The first-order valence-electron chi connectivity index (χ1n) is 22.1. The molecule has 13 rings (SSSR count). The summed E-state index contributed by atoms with van der Waals surface area (Å²) in [5.41, 5.74) is 24.4. The van der Waals surface area contributed by atoms with Crippen molar-refractivity contribution in [1.29, 1.82) is 0 Å². The summed E-state index contributed by atoms with van der Waals surface area (Å²) < 4.78 is 2.49. The Balaban J connectivity index is 1.01. The molecule has 0 N–H and O–H groups in total. The maximum atomic E-state index is 2.49. The zero-order valence-corrected chi connectivity index (χ0v) is 34.6. The molecule has 1 heterocycles. The zero-order valence-electron chi connectivity index (χ0n) is 34.6. The van der Waals surface area contributed by atoms with Gasteiger partial charge in [0.1, 0.15) is 0 Å². The lowest BCUT2D eigenvalue weighted by Gasteiger charge is -2.16. The normalized spacial score (nSPS) is 14.7. The quantitative estimate of drug-likeness (QED) is 0.158. The van der Waals surface area contributed by atoms with Gasteiger partial charge in [-0.3, -0.25) is 0 Å². The van der Waals surface area contributed by atoms with E-state index in [1.54, 1.807) is 0 Å². The van der Waals surface area contributed by atoms with Crippen LogP contribution in [0.15, 0.2) is 237 Å². The Kier molecular flexibility index (Phi) is 8.11. The third-order valence-electron chi connectivity index (χ3n) is 13.8. The SMILES string of the molecule is c1ccc(-c2ccc(-n3c4ccc(-c5ccc6c(c5)-c5ccccc5C6c5cccc(-c6ccccc6)c5)cc4c4c5c(ccc43)-c3ccccc3C5c3ccccc3)cc2)cc1. The first-order valence-corrected chi connectivity index (χ1v) is 22.1. The van der Waals surface area contributed by atoms with Gasteiger partial charge in [0.25, 0.3) is 0 Å². The summed E-state index contributed by atoms with van der Waals surface area (Å²) >= 11 is 0. The van der Waals surface area contributed by atoms with Gasteiger partial charge in [-0.2, -0.15) is 0 Å². The molecule has 2 aliphatic carbocycles. The molecule has 10 aromatic carbocycles. The maximum Gasteiger partial charge on any atom is 0.0544 e. The van der Waals surface area contributed by atoms with Crippen LogP contribution in [-0.4, -0.2) is 4.57 Å². The largest absolute Gasteiger partial charge is 0.309 e. The molecule has 1 nitrogen and oxygen atoms in total. The third kappa shape index (κ3) is 5.63. The van der Waals surface area contributed by atoms with Gasteiger partial charge in [0.2, 0.25) is 0 Å². The number of aromatic nitrogens is 1. The summed E-state index contributed by atoms with van der Waals surface area (Å²) in [4.78, 5) is 0. The lowest BCUT2D eigenvalue weighted by Crippen LogP contribution is -2.00. The van der Waals surface area contributed by atoms with E-state index < -0.39 is 0 Å². The van der Waals surface area contributed by atoms with Crippen molar-refractivity contribution in [3.8, 4) is 61.3 Å². The van der Waals surface area contributed by atoms with Gasteiger partial charge in [-0.05, 0) is 125 Å². The summed E-state index contributed by atoms with van der Waals surface area (Å²) in [6, 6.07) is 87.9. The van der Waals surface area contributed by atoms with Crippen LogP contribution in [-0.2, 0) is 0 Å². The smallest absolute Gasteiger partial charge is 0.0544 e. The van der Waals surface area contributed by atoms with E-state index in [1.807, 2.05) is 0 Å². The van der Waals surface area contributed by atoms with E-state index in [0.29, 0.717) is 0 Å². The molecule has 1 aromatic heterocycles. The molecule has 0 radical (unpaired) electrons. The third-order valence-corrected chi connectivity index (χ3v) is 13.8. The number of nitrogens with zero attached hydrogens (tertiary/aromatic N) is 1. The standard InChI is InChI=1S/C62H41N/c1-4-15-40(16-5-1)42-27-31-48(32-28-42)63-57-35-30-46(39-56(57)61-58(63)36-34-53-49-23-10-13-26-52(49)60(62(53)61)43-19-8-3-9-20-43)45-29-33-54-55(38-45)50-24-11-12-25-51(50)59(54)47-22-14-21-44(37-47)41-17-6-2-7-18-41/h1-39,59-60H. The molecule has 11 aromatic rings. The molecule has 1 heteroatoms. The minimum absolute atomic E-state index is 0.123. The minimum Gasteiger partial charge on any atom is -0.309 e. The van der Waals surface area contributed by atoms with Crippen LogP contribution in [0.4, 0.5) is 0 Å². The minimum atomic E-state index is 0.123. The fourth-order valence-electron chi connectivity index (χ4n) is 11.0. The molecule has 2 unspecified atom stereocenters. The van der Waals surface area contributed by atoms with Crippen LogP contribution in [0, 0.1) is 0 Å². The Bertz CT molecular complexity index is 3540. The van der Waals surface area contributed by atoms with Crippen molar-refractivity contribution in [3.05, 3.63) is 270 Å². The molecule has 0 aliphatic heterocycles. The topological polar surface area (TPSA) is 4.93 Å². The second-order valence-electron chi connectivity index (χ2n) is 17.1. The molecule has 0 saturated carbocycles. The fraction of sp³-hybridized carbons (Fsp3) is 0.0323. The monoisotopic (exact) mass is 799 g/mol. The van der Waals surface area contributed by atoms with Crippen molar-refractivity contribution in [2.75, 3.05) is 0 Å². The Morgan fingerprint density at radius 3 is 1.54 bits per heavy atom. The highest BCUT2D eigenvalue weighted by Crippen LogP contribution is 2.54. The van der Waals surface area contributed by atoms with Gasteiger partial charge < -0.3 is 4.57 Å². The van der Waals surface area contributed by atoms with E-state index in [0.717, 1.165) is 5.69 Å². The molecule has 0 spiro atoms. The highest BCUT2D eigenvalue weighted by molar-refractivity contribution is 6.15. The Labute approximate surface area is 367 Å². The van der Waals surface area contributed by atoms with Gasteiger partial charge in [0.15, 0.2) is 0 Å². The number of hydrogen-bond donors (Lipinski definition) is 0. The molecule has 0 saturated heterocycles. The average molecular weight is 800 g/mol. The molecule has 0 amide bonds. The maximum absolute atomic E-state index is 2.49. The molecule has 2 atom stereocenters. The summed E-state index contributed by atoms with van der Waals surface area (Å²) in [5, 5.41) is 2.60. The van der Waals surface area contributed by atoms with Gasteiger partial charge in [0.05, 0.1) is 11.0 Å². The number of benzene rings is 10. The molecular weight excluding hydrogens is 759 g/mol. The molecular formula is C62H41N. The first-order chi connectivity index (χ1) is 31.3. The van der Waals surface area contributed by atoms with Crippen LogP contribution < -0.4 is 0 Å². The number of fused-ring (bicyclic) bond motifs is 10. The van der Waals surface area contributed by atoms with Crippen LogP contribution in [0.5, 0.6) is 0 Å². The van der Waals surface area contributed by atoms with Crippen LogP contribution in [0.25, 0.3) is 83.1 Å². The van der Waals surface area contributed by atoms with Crippen molar-refractivity contribution >= 4 is 21.8 Å². The van der Waals surface area contributed by atoms with E-state index >= 15 is 0 Å². The second kappa shape index (κ2) is 14.3. The fourth-order valence-corrected chi connectivity index (χ4v) is 11.0. The van der Waals surface area contributed by atoms with Gasteiger partial charge in [-0.25, -0.2) is 0 Å². The summed E-state index contributed by atoms with van der Waals surface area (Å²) in [7, 11) is 0.